The number of para-hydroxylation sites is 1. The van der Waals surface area contributed by atoms with Gasteiger partial charge in [0, 0.05) is 25.4 Å². The highest BCUT2D eigenvalue weighted by molar-refractivity contribution is 5.96. The van der Waals surface area contributed by atoms with Crippen LogP contribution < -0.4 is 15.8 Å². The second kappa shape index (κ2) is 6.57. The lowest BCUT2D eigenvalue weighted by molar-refractivity contribution is -0.858. The van der Waals surface area contributed by atoms with Crippen LogP contribution in [0.3, 0.4) is 0 Å². The molecule has 1 aromatic heterocycles. The Hall–Kier alpha value is -2.41. The molecule has 0 radical (unpaired) electrons. The zero-order chi connectivity index (χ0) is 16.3. The van der Waals surface area contributed by atoms with Crippen molar-refractivity contribution in [2.75, 3.05) is 32.5 Å². The van der Waals surface area contributed by atoms with Crippen molar-refractivity contribution in [3.8, 4) is 0 Å². The van der Waals surface area contributed by atoms with Crippen molar-refractivity contribution in [2.24, 2.45) is 7.05 Å². The largest absolute Gasteiger partial charge is 0.379 e. The van der Waals surface area contributed by atoms with Crippen molar-refractivity contribution in [3.63, 3.8) is 0 Å². The molecule has 2 rings (SSSR count). The third-order valence-electron chi connectivity index (χ3n) is 3.62. The Bertz CT molecular complexity index is 752. The fourth-order valence-corrected chi connectivity index (χ4v) is 2.48. The Morgan fingerprint density at radius 1 is 1.32 bits per heavy atom. The third kappa shape index (κ3) is 3.09. The van der Waals surface area contributed by atoms with E-state index in [0.717, 1.165) is 13.0 Å². The summed E-state index contributed by atoms with van der Waals surface area (Å²) in [5, 5.41) is 15.1. The highest BCUT2D eigenvalue weighted by atomic mass is 16.6. The van der Waals surface area contributed by atoms with E-state index in [9.17, 15) is 14.9 Å². The van der Waals surface area contributed by atoms with E-state index in [1.807, 2.05) is 12.1 Å². The minimum absolute atomic E-state index is 0.317. The third-order valence-corrected chi connectivity index (χ3v) is 3.62. The Morgan fingerprint density at radius 3 is 2.64 bits per heavy atom. The molecular formula is C15H21N4O3+. The van der Waals surface area contributed by atoms with Gasteiger partial charge in [-0.1, -0.05) is 18.2 Å². The number of quaternary nitrogens is 1. The summed E-state index contributed by atoms with van der Waals surface area (Å²) < 4.78 is 1.32. The molecular weight excluding hydrogens is 284 g/mol. The number of nitro groups is 1. The maximum Gasteiger partial charge on any atom is 0.357 e. The maximum atomic E-state index is 12.3. The minimum atomic E-state index is -0.603. The van der Waals surface area contributed by atoms with Crippen LogP contribution in [-0.2, 0) is 7.05 Å². The molecule has 1 aromatic carbocycles. The van der Waals surface area contributed by atoms with Gasteiger partial charge in [-0.15, -0.1) is 0 Å². The van der Waals surface area contributed by atoms with E-state index < -0.39 is 16.2 Å². The van der Waals surface area contributed by atoms with Crippen LogP contribution in [0.15, 0.2) is 29.1 Å². The fraction of sp³-hybridized carbons (Fsp3) is 0.400. The predicted molar refractivity (Wildman–Crippen MR) is 86.6 cm³/mol. The number of fused-ring (bicyclic) bond motifs is 1. The molecule has 0 atom stereocenters. The number of benzene rings is 1. The number of aromatic nitrogens is 1. The highest BCUT2D eigenvalue weighted by Gasteiger charge is 2.24. The van der Waals surface area contributed by atoms with Gasteiger partial charge in [0.15, 0.2) is 0 Å². The van der Waals surface area contributed by atoms with Crippen molar-refractivity contribution < 1.29 is 9.82 Å². The molecule has 2 N–H and O–H groups in total. The van der Waals surface area contributed by atoms with Gasteiger partial charge < -0.3 is 14.8 Å². The first-order valence-corrected chi connectivity index (χ1v) is 7.22. The van der Waals surface area contributed by atoms with E-state index in [0.29, 0.717) is 23.1 Å². The van der Waals surface area contributed by atoms with Crippen LogP contribution in [0.25, 0.3) is 10.9 Å². The van der Waals surface area contributed by atoms with Crippen molar-refractivity contribution >= 4 is 22.3 Å². The monoisotopic (exact) mass is 305 g/mol. The van der Waals surface area contributed by atoms with Crippen LogP contribution in [-0.4, -0.2) is 36.7 Å². The average molecular weight is 305 g/mol. The average Bonchev–Trinajstić information content (AvgIpc) is 2.47. The van der Waals surface area contributed by atoms with E-state index in [1.165, 1.54) is 9.47 Å². The first-order valence-electron chi connectivity index (χ1n) is 7.22. The van der Waals surface area contributed by atoms with Crippen LogP contribution in [0.1, 0.15) is 6.42 Å². The summed E-state index contributed by atoms with van der Waals surface area (Å²) in [6.45, 7) is 1.53. The van der Waals surface area contributed by atoms with Gasteiger partial charge in [0.2, 0.25) is 0 Å². The van der Waals surface area contributed by atoms with Gasteiger partial charge in [0.1, 0.15) is 5.69 Å². The van der Waals surface area contributed by atoms with Crippen LogP contribution in [0.2, 0.25) is 0 Å². The summed E-state index contributed by atoms with van der Waals surface area (Å²) in [6.07, 6.45) is 0.864. The highest BCUT2D eigenvalue weighted by Crippen LogP contribution is 2.29. The van der Waals surface area contributed by atoms with E-state index >= 15 is 0 Å². The van der Waals surface area contributed by atoms with Crippen LogP contribution in [0, 0.1) is 10.1 Å². The van der Waals surface area contributed by atoms with Crippen LogP contribution in [0.4, 0.5) is 11.4 Å². The zero-order valence-corrected chi connectivity index (χ0v) is 13.0. The van der Waals surface area contributed by atoms with Crippen LogP contribution in [0.5, 0.6) is 0 Å². The number of aryl methyl sites for hydroxylation is 1. The summed E-state index contributed by atoms with van der Waals surface area (Å²) in [4.78, 5) is 24.3. The number of pyridine rings is 1. The Kier molecular flexibility index (Phi) is 4.77. The van der Waals surface area contributed by atoms with Gasteiger partial charge in [0.05, 0.1) is 31.1 Å². The number of nitrogens with one attached hydrogen (secondary N) is 2. The molecule has 1 heterocycles. The molecule has 0 aliphatic rings. The van der Waals surface area contributed by atoms with E-state index in [4.69, 9.17) is 0 Å². The molecule has 2 aromatic rings. The molecule has 118 valence electrons. The number of hydrogen-bond donors (Lipinski definition) is 2. The molecule has 7 heteroatoms. The van der Waals surface area contributed by atoms with Crippen molar-refractivity contribution in [2.45, 2.75) is 6.42 Å². The van der Waals surface area contributed by atoms with E-state index in [1.54, 1.807) is 19.2 Å². The van der Waals surface area contributed by atoms with Gasteiger partial charge in [0.25, 0.3) is 0 Å². The first kappa shape index (κ1) is 16.0. The topological polar surface area (TPSA) is 81.6 Å². The quantitative estimate of drug-likeness (QED) is 0.460. The first-order chi connectivity index (χ1) is 10.4. The van der Waals surface area contributed by atoms with Gasteiger partial charge in [-0.25, -0.2) is 0 Å². The smallest absolute Gasteiger partial charge is 0.357 e. The SMILES string of the molecule is Cn1c(=O)c([N+](=O)[O-])c(NCCC[NH+](C)C)c2ccccc21. The van der Waals surface area contributed by atoms with Crippen molar-refractivity contribution in [1.82, 2.24) is 4.57 Å². The minimum Gasteiger partial charge on any atom is -0.379 e. The number of hydrogen-bond acceptors (Lipinski definition) is 4. The number of anilines is 1. The Labute approximate surface area is 128 Å². The zero-order valence-electron chi connectivity index (χ0n) is 13.0. The summed E-state index contributed by atoms with van der Waals surface area (Å²) in [5.41, 5.74) is 0.0131. The molecule has 7 nitrogen and oxygen atoms in total. The Balaban J connectivity index is 2.50. The molecule has 0 saturated heterocycles. The number of nitrogens with zero attached hydrogens (tertiary/aromatic N) is 2. The molecule has 0 fully saturated rings. The molecule has 0 saturated carbocycles. The molecule has 0 unspecified atom stereocenters. The van der Waals surface area contributed by atoms with E-state index in [-0.39, 0.29) is 0 Å². The van der Waals surface area contributed by atoms with Gasteiger partial charge in [-0.2, -0.15) is 0 Å². The summed E-state index contributed by atoms with van der Waals surface area (Å²) in [6, 6.07) is 7.20. The maximum absolute atomic E-state index is 12.3. The molecule has 0 bridgehead atoms. The Morgan fingerprint density at radius 2 is 2.00 bits per heavy atom. The second-order valence-electron chi connectivity index (χ2n) is 5.60. The predicted octanol–water partition coefficient (Wildman–Crippen LogP) is 0.393. The summed E-state index contributed by atoms with van der Waals surface area (Å²) >= 11 is 0. The molecule has 0 spiro atoms. The summed E-state index contributed by atoms with van der Waals surface area (Å²) in [5.74, 6) is 0. The van der Waals surface area contributed by atoms with Crippen LogP contribution >= 0.6 is 0 Å². The van der Waals surface area contributed by atoms with Gasteiger partial charge in [-0.05, 0) is 6.07 Å². The molecule has 0 aliphatic carbocycles. The normalized spacial score (nSPS) is 11.1. The molecule has 0 amide bonds. The summed E-state index contributed by atoms with van der Waals surface area (Å²) in [7, 11) is 5.66. The standard InChI is InChI=1S/C15H20N4O3/c1-17(2)10-6-9-16-13-11-7-4-5-8-12(11)18(3)15(20)14(13)19(21)22/h4-5,7-8,16H,6,9-10H2,1-3H3/p+1. The van der Waals surface area contributed by atoms with Crippen molar-refractivity contribution in [3.05, 3.63) is 44.7 Å². The van der Waals surface area contributed by atoms with E-state index in [2.05, 4.69) is 19.4 Å². The second-order valence-corrected chi connectivity index (χ2v) is 5.60. The molecule has 22 heavy (non-hydrogen) atoms. The lowest BCUT2D eigenvalue weighted by Gasteiger charge is -2.13. The lowest BCUT2D eigenvalue weighted by Crippen LogP contribution is -3.05. The number of rotatable bonds is 6. The fourth-order valence-electron chi connectivity index (χ4n) is 2.48. The van der Waals surface area contributed by atoms with Crippen molar-refractivity contribution in [1.29, 1.82) is 0 Å². The van der Waals surface area contributed by atoms with Gasteiger partial charge in [-0.3, -0.25) is 14.9 Å². The molecule has 0 aliphatic heterocycles. The lowest BCUT2D eigenvalue weighted by atomic mass is 10.1. The van der Waals surface area contributed by atoms with Gasteiger partial charge >= 0.3 is 11.2 Å².